The number of nitrogens with zero attached hydrogens (tertiary/aromatic N) is 1. The van der Waals surface area contributed by atoms with Gasteiger partial charge in [0.15, 0.2) is 5.78 Å². The molecule has 114 valence electrons. The van der Waals surface area contributed by atoms with Gasteiger partial charge in [0.2, 0.25) is 0 Å². The van der Waals surface area contributed by atoms with Gasteiger partial charge in [0.25, 0.3) is 0 Å². The van der Waals surface area contributed by atoms with E-state index in [-0.39, 0.29) is 11.4 Å². The maximum Gasteiger partial charge on any atom is 0.178 e. The third kappa shape index (κ3) is 3.37. The molecule has 2 rings (SSSR count). The Balaban J connectivity index is 2.34. The molecule has 4 heteroatoms. The topological polar surface area (TPSA) is 59.3 Å². The van der Waals surface area contributed by atoms with Crippen molar-refractivity contribution in [2.45, 2.75) is 20.8 Å². The van der Waals surface area contributed by atoms with Gasteiger partial charge in [-0.05, 0) is 29.9 Å². The Kier molecular flexibility index (Phi) is 4.37. The molecule has 4 nitrogen and oxygen atoms in total. The van der Waals surface area contributed by atoms with Crippen LogP contribution in [0.5, 0.6) is 11.5 Å². The van der Waals surface area contributed by atoms with Crippen LogP contribution in [-0.4, -0.2) is 19.5 Å². The lowest BCUT2D eigenvalue weighted by Crippen LogP contribution is -2.22. The van der Waals surface area contributed by atoms with Gasteiger partial charge in [-0.1, -0.05) is 20.8 Å². The average Bonchev–Trinajstić information content (AvgIpc) is 2.50. The molecule has 1 aromatic carbocycles. The Morgan fingerprint density at radius 1 is 1.41 bits per heavy atom. The number of fused-ring (bicyclic) bond motifs is 1. The van der Waals surface area contributed by atoms with Crippen LogP contribution >= 0.6 is 0 Å². The molecule has 0 amide bonds. The van der Waals surface area contributed by atoms with Crippen molar-refractivity contribution >= 4 is 11.9 Å². The van der Waals surface area contributed by atoms with Gasteiger partial charge in [-0.25, -0.2) is 0 Å². The van der Waals surface area contributed by atoms with E-state index < -0.39 is 5.41 Å². The fourth-order valence-electron chi connectivity index (χ4n) is 2.11. The Bertz CT molecular complexity index is 700. The van der Waals surface area contributed by atoms with Crippen LogP contribution in [0.25, 0.3) is 6.08 Å². The van der Waals surface area contributed by atoms with E-state index >= 15 is 0 Å². The molecule has 0 spiro atoms. The lowest BCUT2D eigenvalue weighted by Gasteiger charge is -2.18. The van der Waals surface area contributed by atoms with Gasteiger partial charge >= 0.3 is 0 Å². The van der Waals surface area contributed by atoms with E-state index in [1.165, 1.54) is 0 Å². The number of carbonyl (C=O) groups is 1. The van der Waals surface area contributed by atoms with Crippen LogP contribution in [0.2, 0.25) is 0 Å². The highest BCUT2D eigenvalue weighted by Gasteiger charge is 2.25. The van der Waals surface area contributed by atoms with Crippen LogP contribution in [0.4, 0.5) is 0 Å². The fourth-order valence-corrected chi connectivity index (χ4v) is 2.11. The summed E-state index contributed by atoms with van der Waals surface area (Å²) in [4.78, 5) is 12.2. The SMILES string of the molecule is COc1ccc2c(c1)OCC(/C=C(\C#N)C(=O)C(C)(C)C)=C2. The summed E-state index contributed by atoms with van der Waals surface area (Å²) in [5.41, 5.74) is 1.27. The maximum absolute atomic E-state index is 12.2. The first-order chi connectivity index (χ1) is 10.3. The number of ketones is 1. The summed E-state index contributed by atoms with van der Waals surface area (Å²) in [6, 6.07) is 7.54. The molecule has 0 N–H and O–H groups in total. The highest BCUT2D eigenvalue weighted by atomic mass is 16.5. The number of allylic oxidation sites excluding steroid dienone is 1. The second-order valence-corrected chi connectivity index (χ2v) is 6.16. The Labute approximate surface area is 130 Å². The molecule has 1 aliphatic rings. The van der Waals surface area contributed by atoms with Crippen LogP contribution in [0.15, 0.2) is 35.4 Å². The minimum atomic E-state index is -0.580. The number of hydrogen-bond acceptors (Lipinski definition) is 4. The third-order valence-corrected chi connectivity index (χ3v) is 3.33. The number of rotatable bonds is 3. The standard InChI is InChI=1S/C18H19NO3/c1-18(2,3)17(20)14(10-19)8-12-7-13-5-6-15(21-4)9-16(13)22-11-12/h5-9H,11H2,1-4H3/b14-8+. The molecule has 0 fully saturated rings. The molecule has 0 unspecified atom stereocenters. The van der Waals surface area contributed by atoms with Crippen LogP contribution in [0, 0.1) is 16.7 Å². The molecular formula is C18H19NO3. The van der Waals surface area contributed by atoms with Gasteiger partial charge in [-0.3, -0.25) is 4.79 Å². The zero-order chi connectivity index (χ0) is 16.3. The lowest BCUT2D eigenvalue weighted by molar-refractivity contribution is -0.122. The Hall–Kier alpha value is -2.54. The van der Waals surface area contributed by atoms with Gasteiger partial charge in [0.1, 0.15) is 24.2 Å². The van der Waals surface area contributed by atoms with Crippen molar-refractivity contribution in [1.82, 2.24) is 0 Å². The van der Waals surface area contributed by atoms with Crippen molar-refractivity contribution < 1.29 is 14.3 Å². The zero-order valence-electron chi connectivity index (χ0n) is 13.3. The predicted molar refractivity (Wildman–Crippen MR) is 84.6 cm³/mol. The summed E-state index contributed by atoms with van der Waals surface area (Å²) in [7, 11) is 1.60. The summed E-state index contributed by atoms with van der Waals surface area (Å²) in [5, 5.41) is 9.23. The van der Waals surface area contributed by atoms with Crippen molar-refractivity contribution in [2.75, 3.05) is 13.7 Å². The van der Waals surface area contributed by atoms with Gasteiger partial charge in [-0.2, -0.15) is 5.26 Å². The van der Waals surface area contributed by atoms with Crippen LogP contribution in [-0.2, 0) is 4.79 Å². The highest BCUT2D eigenvalue weighted by molar-refractivity contribution is 6.03. The Morgan fingerprint density at radius 3 is 2.73 bits per heavy atom. The summed E-state index contributed by atoms with van der Waals surface area (Å²) in [5.74, 6) is 1.29. The molecule has 0 aromatic heterocycles. The van der Waals surface area contributed by atoms with E-state index in [0.717, 1.165) is 22.6 Å². The minimum absolute atomic E-state index is 0.152. The van der Waals surface area contributed by atoms with E-state index in [1.54, 1.807) is 34.0 Å². The Morgan fingerprint density at radius 2 is 2.14 bits per heavy atom. The van der Waals surface area contributed by atoms with Crippen LogP contribution in [0.1, 0.15) is 26.3 Å². The normalized spacial score (nSPS) is 14.3. The summed E-state index contributed by atoms with van der Waals surface area (Å²) < 4.78 is 10.8. The number of nitriles is 1. The summed E-state index contributed by atoms with van der Waals surface area (Å²) >= 11 is 0. The van der Waals surface area contributed by atoms with E-state index in [1.807, 2.05) is 30.3 Å². The number of methoxy groups -OCH3 is 1. The minimum Gasteiger partial charge on any atom is -0.497 e. The van der Waals surface area contributed by atoms with Gasteiger partial charge in [0.05, 0.1) is 12.7 Å². The molecule has 0 atom stereocenters. The summed E-state index contributed by atoms with van der Waals surface area (Å²) in [6.45, 7) is 5.72. The number of Topliss-reactive ketones (excluding diaryl/α,β-unsaturated/α-hetero) is 1. The maximum atomic E-state index is 12.2. The fraction of sp³-hybridized carbons (Fsp3) is 0.333. The van der Waals surface area contributed by atoms with Crippen molar-refractivity contribution in [3.63, 3.8) is 0 Å². The number of hydrogen-bond donors (Lipinski definition) is 0. The molecule has 0 radical (unpaired) electrons. The third-order valence-electron chi connectivity index (χ3n) is 3.33. The second-order valence-electron chi connectivity index (χ2n) is 6.16. The smallest absolute Gasteiger partial charge is 0.178 e. The van der Waals surface area contributed by atoms with E-state index in [0.29, 0.717) is 6.61 Å². The van der Waals surface area contributed by atoms with E-state index in [2.05, 4.69) is 0 Å². The van der Waals surface area contributed by atoms with E-state index in [9.17, 15) is 10.1 Å². The van der Waals surface area contributed by atoms with E-state index in [4.69, 9.17) is 9.47 Å². The van der Waals surface area contributed by atoms with Gasteiger partial charge in [-0.15, -0.1) is 0 Å². The molecule has 1 heterocycles. The molecule has 22 heavy (non-hydrogen) atoms. The van der Waals surface area contributed by atoms with Crippen LogP contribution < -0.4 is 9.47 Å². The van der Waals surface area contributed by atoms with Gasteiger partial charge in [0, 0.05) is 17.0 Å². The first-order valence-corrected chi connectivity index (χ1v) is 7.03. The molecule has 0 bridgehead atoms. The van der Waals surface area contributed by atoms with Crippen molar-refractivity contribution in [3.8, 4) is 17.6 Å². The first kappa shape index (κ1) is 15.8. The molecule has 0 saturated carbocycles. The molecular weight excluding hydrogens is 278 g/mol. The van der Waals surface area contributed by atoms with Crippen molar-refractivity contribution in [3.05, 3.63) is 41.0 Å². The molecule has 1 aliphatic heterocycles. The molecule has 0 saturated heterocycles. The lowest BCUT2D eigenvalue weighted by atomic mass is 9.86. The largest absolute Gasteiger partial charge is 0.497 e. The van der Waals surface area contributed by atoms with Gasteiger partial charge < -0.3 is 9.47 Å². The second kappa shape index (κ2) is 6.07. The molecule has 1 aromatic rings. The quantitative estimate of drug-likeness (QED) is 0.632. The van der Waals surface area contributed by atoms with Crippen molar-refractivity contribution in [1.29, 1.82) is 5.26 Å². The highest BCUT2D eigenvalue weighted by Crippen LogP contribution is 2.31. The molecule has 0 aliphatic carbocycles. The number of ether oxygens (including phenoxy) is 2. The number of benzene rings is 1. The monoisotopic (exact) mass is 297 g/mol. The summed E-state index contributed by atoms with van der Waals surface area (Å²) in [6.07, 6.45) is 3.53. The average molecular weight is 297 g/mol. The zero-order valence-corrected chi connectivity index (χ0v) is 13.3. The van der Waals surface area contributed by atoms with Crippen LogP contribution in [0.3, 0.4) is 0 Å². The first-order valence-electron chi connectivity index (χ1n) is 7.03. The van der Waals surface area contributed by atoms with Crippen molar-refractivity contribution in [2.24, 2.45) is 5.41 Å². The number of carbonyl (C=O) groups excluding carboxylic acids is 1. The predicted octanol–water partition coefficient (Wildman–Crippen LogP) is 3.54.